The van der Waals surface area contributed by atoms with E-state index in [1.807, 2.05) is 6.07 Å². The lowest BCUT2D eigenvalue weighted by Gasteiger charge is -2.35. The van der Waals surface area contributed by atoms with Gasteiger partial charge in [0, 0.05) is 69.4 Å². The predicted octanol–water partition coefficient (Wildman–Crippen LogP) is 7.54. The van der Waals surface area contributed by atoms with Crippen molar-refractivity contribution in [2.24, 2.45) is 0 Å². The first-order valence-electron chi connectivity index (χ1n) is 22.3. The molecule has 23 heteroatoms. The monoisotopic (exact) mass is 974 g/mol. The van der Waals surface area contributed by atoms with Crippen molar-refractivity contribution >= 4 is 40.7 Å². The standard InChI is InChI=1S/C24H23F3N6O3.C16H14F3N3.C7H11N3O2/c25-24(26,27)16-4-1-3-15(11-16)18-5-6-19-22(29-18)33(17-7-8-32(19)14-17)23(35)31-20-12-28-13-21(30-20)36-10-2-9-34;17-16(18,19)11-3-1-2-10(8-11)13-4-5-14-15(21-13)20-12-6-7-22(14)9-12;8-6-4-9-5-7(10-6)12-3-1-2-11/h1,3-6,11-13,17,34H,2,7-10,14H2,(H,30,31,35);1-5,8,12H,6-7,9H2,(H,20,21);4-5,11H,1-3H2,(H2,8,10)/t17-;12-;/m00./s1. The lowest BCUT2D eigenvalue weighted by molar-refractivity contribution is -0.138. The third-order valence-corrected chi connectivity index (χ3v) is 11.5. The van der Waals surface area contributed by atoms with Gasteiger partial charge in [-0.05, 0) is 61.4 Å². The number of anilines is 6. The predicted molar refractivity (Wildman–Crippen MR) is 249 cm³/mol. The molecule has 4 aliphatic heterocycles. The van der Waals surface area contributed by atoms with Crippen molar-refractivity contribution in [1.29, 1.82) is 0 Å². The van der Waals surface area contributed by atoms with Crippen molar-refractivity contribution in [3.63, 3.8) is 0 Å². The van der Waals surface area contributed by atoms with Gasteiger partial charge in [0.25, 0.3) is 0 Å². The molecule has 8 heterocycles. The normalized spacial score (nSPS) is 16.4. The Morgan fingerprint density at radius 2 is 1.30 bits per heavy atom. The number of nitrogens with one attached hydrogen (secondary N) is 2. The highest BCUT2D eigenvalue weighted by Crippen LogP contribution is 2.42. The number of carbonyl (C=O) groups is 1. The van der Waals surface area contributed by atoms with Gasteiger partial charge in [-0.1, -0.05) is 24.3 Å². The number of fused-ring (bicyclic) bond motifs is 8. The Labute approximate surface area is 397 Å². The molecule has 4 aromatic heterocycles. The zero-order valence-electron chi connectivity index (χ0n) is 37.4. The van der Waals surface area contributed by atoms with Crippen molar-refractivity contribution in [2.45, 2.75) is 50.1 Å². The van der Waals surface area contributed by atoms with Gasteiger partial charge in [-0.15, -0.1) is 0 Å². The fraction of sp³-hybridized carbons (Fsp3) is 0.340. The number of rotatable bonds is 11. The van der Waals surface area contributed by atoms with Gasteiger partial charge in [0.2, 0.25) is 11.8 Å². The van der Waals surface area contributed by atoms with Gasteiger partial charge >= 0.3 is 18.4 Å². The van der Waals surface area contributed by atoms with Crippen LogP contribution in [-0.2, 0) is 12.4 Å². The molecule has 0 spiro atoms. The second kappa shape index (κ2) is 21.4. The molecule has 70 heavy (non-hydrogen) atoms. The molecule has 17 nitrogen and oxygen atoms in total. The van der Waals surface area contributed by atoms with E-state index >= 15 is 0 Å². The van der Waals surface area contributed by atoms with Crippen molar-refractivity contribution in [3.8, 4) is 34.3 Å². The van der Waals surface area contributed by atoms with E-state index in [0.717, 1.165) is 73.9 Å². The fourth-order valence-corrected chi connectivity index (χ4v) is 8.17. The fourth-order valence-electron chi connectivity index (χ4n) is 8.17. The van der Waals surface area contributed by atoms with Crippen molar-refractivity contribution in [2.75, 3.05) is 83.7 Å². The molecule has 2 amide bonds. The Morgan fingerprint density at radius 3 is 1.93 bits per heavy atom. The molecule has 2 saturated heterocycles. The molecule has 4 aliphatic rings. The molecule has 0 aliphatic carbocycles. The van der Waals surface area contributed by atoms with Gasteiger partial charge in [0.05, 0.1) is 77.9 Å². The number of benzene rings is 2. The van der Waals surface area contributed by atoms with Crippen molar-refractivity contribution in [3.05, 3.63) is 109 Å². The lowest BCUT2D eigenvalue weighted by atomic mass is 10.1. The second-order valence-corrected chi connectivity index (χ2v) is 16.4. The SMILES string of the molecule is FC(F)(F)c1cccc(-c2ccc3c(n2)N[C@H]2CCN3C2)c1.Nc1cncc(OCCCO)n1.O=C(Nc1cncc(OCCCO)n1)N1c2nc(-c3cccc(C(F)(F)F)c3)ccc2N2CC[C@H]1C2. The van der Waals surface area contributed by atoms with Gasteiger partial charge in [-0.3, -0.25) is 20.2 Å². The van der Waals surface area contributed by atoms with Crippen LogP contribution in [-0.4, -0.2) is 111 Å². The van der Waals surface area contributed by atoms with E-state index in [2.05, 4.69) is 50.3 Å². The summed E-state index contributed by atoms with van der Waals surface area (Å²) in [5.74, 6) is 2.25. The number of aromatic nitrogens is 6. The summed E-state index contributed by atoms with van der Waals surface area (Å²) < 4.78 is 88.7. The highest BCUT2D eigenvalue weighted by atomic mass is 19.4. The maximum atomic E-state index is 13.4. The summed E-state index contributed by atoms with van der Waals surface area (Å²) in [5, 5.41) is 23.5. The number of alkyl halides is 6. The third kappa shape index (κ3) is 11.8. The third-order valence-electron chi connectivity index (χ3n) is 11.5. The summed E-state index contributed by atoms with van der Waals surface area (Å²) in [6, 6.07) is 17.2. The minimum Gasteiger partial charge on any atom is -0.476 e. The lowest BCUT2D eigenvalue weighted by Crippen LogP contribution is -2.48. The highest BCUT2D eigenvalue weighted by molar-refractivity contribution is 6.04. The summed E-state index contributed by atoms with van der Waals surface area (Å²) >= 11 is 0. The molecule has 10 rings (SSSR count). The van der Waals surface area contributed by atoms with Crippen LogP contribution in [0.1, 0.15) is 36.8 Å². The summed E-state index contributed by atoms with van der Waals surface area (Å²) in [6.07, 6.45) is -0.306. The molecule has 2 atom stereocenters. The summed E-state index contributed by atoms with van der Waals surface area (Å²) in [7, 11) is 0. The molecule has 368 valence electrons. The quantitative estimate of drug-likeness (QED) is 0.0627. The maximum absolute atomic E-state index is 13.4. The molecule has 0 radical (unpaired) electrons. The Morgan fingerprint density at radius 1 is 0.714 bits per heavy atom. The Hall–Kier alpha value is -7.53. The molecule has 2 aromatic carbocycles. The topological polar surface area (TPSA) is 213 Å². The van der Waals surface area contributed by atoms with Gasteiger partial charge in [-0.2, -0.15) is 36.3 Å². The van der Waals surface area contributed by atoms with Gasteiger partial charge in [0.15, 0.2) is 17.5 Å². The number of hydrogen-bond acceptors (Lipinski definition) is 15. The summed E-state index contributed by atoms with van der Waals surface area (Å²) in [6.45, 7) is 4.09. The number of nitrogens with two attached hydrogens (primary N) is 1. The summed E-state index contributed by atoms with van der Waals surface area (Å²) in [4.78, 5) is 44.4. The minimum atomic E-state index is -4.47. The minimum absolute atomic E-state index is 0.0217. The second-order valence-electron chi connectivity index (χ2n) is 16.4. The van der Waals surface area contributed by atoms with Gasteiger partial charge in [0.1, 0.15) is 5.82 Å². The van der Waals surface area contributed by atoms with E-state index in [9.17, 15) is 31.1 Å². The van der Waals surface area contributed by atoms with E-state index in [0.29, 0.717) is 72.1 Å². The zero-order chi connectivity index (χ0) is 49.4. The van der Waals surface area contributed by atoms with Crippen molar-refractivity contribution < 1.29 is 50.8 Å². The van der Waals surface area contributed by atoms with E-state index in [1.54, 1.807) is 30.3 Å². The smallest absolute Gasteiger partial charge is 0.416 e. The van der Waals surface area contributed by atoms with E-state index < -0.39 is 29.5 Å². The van der Waals surface area contributed by atoms with Crippen LogP contribution < -0.4 is 40.5 Å². The molecule has 2 fully saturated rings. The Kier molecular flexibility index (Phi) is 15.0. The number of nitrogens with zero attached hydrogens (tertiary/aromatic N) is 9. The number of nitrogen functional groups attached to an aromatic ring is 1. The molecule has 6 N–H and O–H groups in total. The number of amides is 2. The first-order valence-corrected chi connectivity index (χ1v) is 22.3. The van der Waals surface area contributed by atoms with Crippen LogP contribution in [0.25, 0.3) is 22.5 Å². The Bertz CT molecular complexity index is 2770. The number of aliphatic hydroxyl groups is 2. The molecular formula is C47H48F6N12O5. The van der Waals surface area contributed by atoms with Crippen LogP contribution in [0.4, 0.5) is 65.8 Å². The summed E-state index contributed by atoms with van der Waals surface area (Å²) in [5.41, 5.74) is 7.38. The maximum Gasteiger partial charge on any atom is 0.416 e. The van der Waals surface area contributed by atoms with Crippen LogP contribution in [0.5, 0.6) is 11.8 Å². The van der Waals surface area contributed by atoms with Crippen LogP contribution in [0.2, 0.25) is 0 Å². The molecule has 4 bridgehead atoms. The first kappa shape index (κ1) is 48.9. The van der Waals surface area contributed by atoms with Crippen LogP contribution in [0.15, 0.2) is 97.6 Å². The van der Waals surface area contributed by atoms with Crippen LogP contribution in [0.3, 0.4) is 0 Å². The van der Waals surface area contributed by atoms with Gasteiger partial charge in [-0.25, -0.2) is 14.8 Å². The largest absolute Gasteiger partial charge is 0.476 e. The molecule has 0 saturated carbocycles. The Balaban J connectivity index is 0.000000163. The molecule has 0 unspecified atom stereocenters. The number of hydrogen-bond donors (Lipinski definition) is 5. The van der Waals surface area contributed by atoms with Crippen LogP contribution >= 0.6 is 0 Å². The van der Waals surface area contributed by atoms with E-state index in [4.69, 9.17) is 25.4 Å². The number of pyridine rings is 2. The molecule has 6 aromatic rings. The number of carbonyl (C=O) groups excluding carboxylic acids is 1. The number of aliphatic hydroxyl groups excluding tert-OH is 2. The average Bonchev–Trinajstić information content (AvgIpc) is 3.95. The number of halogens is 6. The zero-order valence-corrected chi connectivity index (χ0v) is 37.4. The van der Waals surface area contributed by atoms with E-state index in [1.165, 1.54) is 41.8 Å². The highest BCUT2D eigenvalue weighted by Gasteiger charge is 2.41. The van der Waals surface area contributed by atoms with Crippen molar-refractivity contribution in [1.82, 2.24) is 29.9 Å². The average molecular weight is 975 g/mol. The van der Waals surface area contributed by atoms with Gasteiger partial charge < -0.3 is 40.5 Å². The van der Waals surface area contributed by atoms with Crippen LogP contribution in [0, 0.1) is 0 Å². The number of urea groups is 1. The molecular weight excluding hydrogens is 927 g/mol. The first-order chi connectivity index (χ1) is 33.7. The number of ether oxygens (including phenoxy) is 2. The van der Waals surface area contributed by atoms with E-state index in [-0.39, 0.29) is 37.6 Å².